The van der Waals surface area contributed by atoms with Crippen LogP contribution < -0.4 is 4.90 Å². The Kier molecular flexibility index (Phi) is 2.89. The first kappa shape index (κ1) is 9.74. The molecule has 76 valence electrons. The van der Waals surface area contributed by atoms with Gasteiger partial charge in [-0.3, -0.25) is 0 Å². The van der Waals surface area contributed by atoms with Crippen LogP contribution in [0.2, 0.25) is 0 Å². The van der Waals surface area contributed by atoms with E-state index in [4.69, 9.17) is 5.11 Å². The summed E-state index contributed by atoms with van der Waals surface area (Å²) in [4.78, 5) is 17.1. The Morgan fingerprint density at radius 1 is 1.43 bits per heavy atom. The van der Waals surface area contributed by atoms with E-state index in [1.165, 1.54) is 25.5 Å². The molecule has 0 radical (unpaired) electrons. The first-order chi connectivity index (χ1) is 6.77. The minimum absolute atomic E-state index is 0.0802. The summed E-state index contributed by atoms with van der Waals surface area (Å²) < 4.78 is 1.47. The summed E-state index contributed by atoms with van der Waals surface area (Å²) in [7, 11) is 0. The fraction of sp³-hybridized carbons (Fsp3) is 0.556. The van der Waals surface area contributed by atoms with E-state index in [-0.39, 0.29) is 14.5 Å². The van der Waals surface area contributed by atoms with Crippen molar-refractivity contribution < 1.29 is 9.90 Å². The average Bonchev–Trinajstić information content (AvgIpc) is 2.68. The summed E-state index contributed by atoms with van der Waals surface area (Å²) in [5, 5.41) is 8.78. The van der Waals surface area contributed by atoms with Gasteiger partial charge in [0.15, 0.2) is 0 Å². The van der Waals surface area contributed by atoms with Crippen molar-refractivity contribution in [3.05, 3.63) is 10.6 Å². The Labute approximate surface area is 88.3 Å². The molecule has 1 saturated heterocycles. The zero-order chi connectivity index (χ0) is 9.97. The molecule has 4 nitrogen and oxygen atoms in total. The molecule has 2 heterocycles. The van der Waals surface area contributed by atoms with Gasteiger partial charge in [-0.2, -0.15) is 0 Å². The van der Waals surface area contributed by atoms with Crippen LogP contribution in [0.1, 0.15) is 28.5 Å². The molecule has 0 atom stereocenters. The van der Waals surface area contributed by atoms with E-state index < -0.39 is 5.97 Å². The van der Waals surface area contributed by atoms with Crippen molar-refractivity contribution in [3.8, 4) is 0 Å². The topological polar surface area (TPSA) is 53.4 Å². The van der Waals surface area contributed by atoms with Crippen molar-refractivity contribution in [3.63, 3.8) is 0 Å². The van der Waals surface area contributed by atoms with Crippen molar-refractivity contribution in [2.24, 2.45) is 0 Å². The monoisotopic (exact) mass is 260 g/mol. The van der Waals surface area contributed by atoms with Gasteiger partial charge < -0.3 is 0 Å². The van der Waals surface area contributed by atoms with Crippen molar-refractivity contribution in [1.82, 2.24) is 4.98 Å². The van der Waals surface area contributed by atoms with Gasteiger partial charge >= 0.3 is 87.9 Å². The Bertz CT molecular complexity index is 331. The molecule has 1 N–H and O–H groups in total. The number of nitrogens with zero attached hydrogens (tertiary/aromatic N) is 2. The van der Waals surface area contributed by atoms with Crippen LogP contribution in [0.4, 0.5) is 4.69 Å². The van der Waals surface area contributed by atoms with Crippen molar-refractivity contribution in [2.45, 2.75) is 19.3 Å². The van der Waals surface area contributed by atoms with Crippen LogP contribution in [0.5, 0.6) is 0 Å². The van der Waals surface area contributed by atoms with Gasteiger partial charge in [-0.1, -0.05) is 0 Å². The van der Waals surface area contributed by atoms with E-state index in [0.29, 0.717) is 4.44 Å². The van der Waals surface area contributed by atoms with Gasteiger partial charge in [0.2, 0.25) is 0 Å². The van der Waals surface area contributed by atoms with Gasteiger partial charge in [-0.15, -0.1) is 0 Å². The third kappa shape index (κ3) is 1.99. The SMILES string of the molecule is O=C(O)c1cnc(N2CCCCC2)[se]1. The number of carboxylic acids is 1. The fourth-order valence-electron chi connectivity index (χ4n) is 1.60. The second-order valence-corrected chi connectivity index (χ2v) is 5.48. The molecule has 2 rings (SSSR count). The quantitative estimate of drug-likeness (QED) is 0.799. The number of aromatic nitrogens is 1. The zero-order valence-corrected chi connectivity index (χ0v) is 9.48. The van der Waals surface area contributed by atoms with E-state index in [9.17, 15) is 4.79 Å². The van der Waals surface area contributed by atoms with Crippen LogP contribution in [0.3, 0.4) is 0 Å². The molecule has 14 heavy (non-hydrogen) atoms. The van der Waals surface area contributed by atoms with Crippen LogP contribution in [-0.2, 0) is 0 Å². The molecule has 1 aromatic heterocycles. The third-order valence-corrected chi connectivity index (χ3v) is 4.53. The number of carbonyl (C=O) groups is 1. The minimum atomic E-state index is -0.819. The van der Waals surface area contributed by atoms with E-state index in [0.717, 1.165) is 17.8 Å². The Hall–Kier alpha value is -0.801. The molecular weight excluding hydrogens is 247 g/mol. The summed E-state index contributed by atoms with van der Waals surface area (Å²) in [6.07, 6.45) is 5.21. The van der Waals surface area contributed by atoms with Crippen molar-refractivity contribution >= 4 is 25.2 Å². The molecular formula is C9H12N2O2Se. The number of carboxylic acid groups (broad SMARTS) is 1. The fourth-order valence-corrected chi connectivity index (χ4v) is 3.29. The summed E-state index contributed by atoms with van der Waals surface area (Å²) in [6, 6.07) is 0. The van der Waals surface area contributed by atoms with E-state index in [2.05, 4.69) is 9.88 Å². The second kappa shape index (κ2) is 4.15. The molecule has 0 unspecified atom stereocenters. The molecule has 1 aromatic rings. The average molecular weight is 259 g/mol. The van der Waals surface area contributed by atoms with Gasteiger partial charge in [0.05, 0.1) is 0 Å². The second-order valence-electron chi connectivity index (χ2n) is 3.36. The summed E-state index contributed by atoms with van der Waals surface area (Å²) in [5.41, 5.74) is 0. The van der Waals surface area contributed by atoms with Crippen LogP contribution in [-0.4, -0.2) is 43.7 Å². The predicted molar refractivity (Wildman–Crippen MR) is 54.2 cm³/mol. The van der Waals surface area contributed by atoms with Crippen molar-refractivity contribution in [1.29, 1.82) is 0 Å². The predicted octanol–water partition coefficient (Wildman–Crippen LogP) is 0.827. The molecule has 0 aromatic carbocycles. The van der Waals surface area contributed by atoms with Crippen LogP contribution in [0.25, 0.3) is 0 Å². The maximum atomic E-state index is 10.7. The van der Waals surface area contributed by atoms with Gasteiger partial charge in [0.25, 0.3) is 0 Å². The van der Waals surface area contributed by atoms with Crippen LogP contribution in [0.15, 0.2) is 6.20 Å². The number of rotatable bonds is 2. The first-order valence-electron chi connectivity index (χ1n) is 4.71. The number of hydrogen-bond donors (Lipinski definition) is 1. The van der Waals surface area contributed by atoms with Gasteiger partial charge in [0, 0.05) is 0 Å². The zero-order valence-electron chi connectivity index (χ0n) is 7.77. The normalized spacial score (nSPS) is 17.0. The number of aromatic carboxylic acids is 1. The molecule has 0 bridgehead atoms. The maximum absolute atomic E-state index is 10.7. The van der Waals surface area contributed by atoms with Gasteiger partial charge in [-0.05, 0) is 0 Å². The first-order valence-corrected chi connectivity index (χ1v) is 6.43. The van der Waals surface area contributed by atoms with Gasteiger partial charge in [-0.25, -0.2) is 0 Å². The standard InChI is InChI=1S/C9H12N2O2Se/c12-8(13)7-6-10-9(14-7)11-4-2-1-3-5-11/h6H,1-5H2,(H,12,13). The molecule has 1 aliphatic heterocycles. The number of piperidine rings is 1. The molecule has 0 saturated carbocycles. The number of hydrogen-bond acceptors (Lipinski definition) is 3. The third-order valence-electron chi connectivity index (χ3n) is 2.33. The molecule has 5 heteroatoms. The molecule has 0 spiro atoms. The summed E-state index contributed by atoms with van der Waals surface area (Å²) in [6.45, 7) is 2.09. The molecule has 1 aliphatic rings. The molecule has 0 aliphatic carbocycles. The van der Waals surface area contributed by atoms with E-state index in [1.807, 2.05) is 0 Å². The Morgan fingerprint density at radius 3 is 2.71 bits per heavy atom. The molecule has 1 fully saturated rings. The van der Waals surface area contributed by atoms with Crippen molar-refractivity contribution in [2.75, 3.05) is 18.0 Å². The van der Waals surface area contributed by atoms with Crippen LogP contribution in [0, 0.1) is 0 Å². The molecule has 0 amide bonds. The summed E-state index contributed by atoms with van der Waals surface area (Å²) in [5.74, 6) is -0.819. The summed E-state index contributed by atoms with van der Waals surface area (Å²) >= 11 is -0.0802. The number of anilines is 1. The van der Waals surface area contributed by atoms with Gasteiger partial charge in [0.1, 0.15) is 0 Å². The Morgan fingerprint density at radius 2 is 2.14 bits per heavy atom. The van der Waals surface area contributed by atoms with E-state index >= 15 is 0 Å². The van der Waals surface area contributed by atoms with E-state index in [1.54, 1.807) is 0 Å². The van der Waals surface area contributed by atoms with Crippen LogP contribution >= 0.6 is 0 Å². The Balaban J connectivity index is 2.11.